The molecule has 0 aliphatic heterocycles. The molecule has 0 radical (unpaired) electrons. The molecule has 1 aromatic heterocycles. The predicted octanol–water partition coefficient (Wildman–Crippen LogP) is 0.617. The zero-order chi connectivity index (χ0) is 15.2. The molecule has 2 aromatic rings. The van der Waals surface area contributed by atoms with Crippen molar-refractivity contribution < 1.29 is 14.3 Å². The Morgan fingerprint density at radius 3 is 2.67 bits per heavy atom. The molecule has 0 spiro atoms. The van der Waals surface area contributed by atoms with Crippen molar-refractivity contribution in [3.63, 3.8) is 0 Å². The molecule has 110 valence electrons. The van der Waals surface area contributed by atoms with Gasteiger partial charge in [0.25, 0.3) is 5.56 Å². The van der Waals surface area contributed by atoms with Crippen molar-refractivity contribution in [3.05, 3.63) is 49.4 Å². The van der Waals surface area contributed by atoms with Gasteiger partial charge in [0.2, 0.25) is 0 Å². The van der Waals surface area contributed by atoms with Gasteiger partial charge in [-0.3, -0.25) is 4.79 Å². The van der Waals surface area contributed by atoms with E-state index in [1.54, 1.807) is 20.1 Å². The normalized spacial score (nSPS) is 12.5. The van der Waals surface area contributed by atoms with Crippen LogP contribution in [0.15, 0.2) is 29.1 Å². The first-order valence-electron chi connectivity index (χ1n) is 6.35. The van der Waals surface area contributed by atoms with Gasteiger partial charge in [-0.15, -0.1) is 11.3 Å². The second kappa shape index (κ2) is 6.90. The molecule has 0 saturated carbocycles. The number of aromatic nitrogens is 1. The second-order valence-electron chi connectivity index (χ2n) is 4.10. The molecule has 1 aromatic carbocycles. The van der Waals surface area contributed by atoms with Gasteiger partial charge in [-0.1, -0.05) is 12.1 Å². The Balaban J connectivity index is 2.36. The molecule has 2 rings (SSSR count). The summed E-state index contributed by atoms with van der Waals surface area (Å²) in [7, 11) is 1.60. The third-order valence-electron chi connectivity index (χ3n) is 2.63. The maximum absolute atomic E-state index is 11.8. The number of ether oxygens (including phenoxy) is 2. The minimum Gasteiger partial charge on any atom is -0.497 e. The molecule has 0 saturated heterocycles. The average molecular weight is 305 g/mol. The van der Waals surface area contributed by atoms with Crippen molar-refractivity contribution in [2.75, 3.05) is 13.7 Å². The number of thiazole rings is 1. The van der Waals surface area contributed by atoms with Gasteiger partial charge in [0.15, 0.2) is 0 Å². The van der Waals surface area contributed by atoms with Crippen molar-refractivity contribution >= 4 is 29.5 Å². The van der Waals surface area contributed by atoms with Crippen LogP contribution in [0.2, 0.25) is 0 Å². The standard InChI is InChI=1S/C15H15NO4S/c1-3-20-14(17)9-13-16-15(18)12(21-13)8-10-4-6-11(19-2)7-5-10/h4-9H,3H2,1-2H3,(H,16,18). The number of carbonyl (C=O) groups is 1. The molecule has 0 atom stereocenters. The number of methoxy groups -OCH3 is 1. The van der Waals surface area contributed by atoms with Crippen molar-refractivity contribution in [1.82, 2.24) is 4.98 Å². The Morgan fingerprint density at radius 1 is 1.33 bits per heavy atom. The number of aromatic amines is 1. The number of nitrogens with one attached hydrogen (secondary N) is 1. The number of carbonyl (C=O) groups excluding carboxylic acids is 1. The lowest BCUT2D eigenvalue weighted by Gasteiger charge is -1.98. The zero-order valence-electron chi connectivity index (χ0n) is 11.7. The first-order chi connectivity index (χ1) is 10.1. The Hall–Kier alpha value is -2.34. The minimum atomic E-state index is -0.467. The van der Waals surface area contributed by atoms with E-state index in [1.165, 1.54) is 17.4 Å². The van der Waals surface area contributed by atoms with E-state index >= 15 is 0 Å². The molecule has 21 heavy (non-hydrogen) atoms. The summed E-state index contributed by atoms with van der Waals surface area (Å²) in [5, 5.41) is 0. The number of esters is 1. The third kappa shape index (κ3) is 4.06. The van der Waals surface area contributed by atoms with E-state index in [0.29, 0.717) is 15.8 Å². The Kier molecular flexibility index (Phi) is 4.94. The quantitative estimate of drug-likeness (QED) is 0.841. The smallest absolute Gasteiger partial charge is 0.333 e. The van der Waals surface area contributed by atoms with E-state index in [0.717, 1.165) is 11.3 Å². The van der Waals surface area contributed by atoms with Gasteiger partial charge in [0.05, 0.1) is 24.3 Å². The van der Waals surface area contributed by atoms with Crippen molar-refractivity contribution in [2.45, 2.75) is 6.92 Å². The molecule has 0 amide bonds. The first kappa shape index (κ1) is 15.1. The van der Waals surface area contributed by atoms with Gasteiger partial charge in [-0.25, -0.2) is 4.79 Å². The summed E-state index contributed by atoms with van der Waals surface area (Å²) in [6.07, 6.45) is 3.03. The summed E-state index contributed by atoms with van der Waals surface area (Å²) in [5.74, 6) is 0.287. The van der Waals surface area contributed by atoms with E-state index in [9.17, 15) is 9.59 Å². The minimum absolute atomic E-state index is 0.230. The van der Waals surface area contributed by atoms with Crippen molar-refractivity contribution in [3.8, 4) is 5.75 Å². The highest BCUT2D eigenvalue weighted by Crippen LogP contribution is 2.11. The van der Waals surface area contributed by atoms with Crippen LogP contribution in [-0.4, -0.2) is 24.7 Å². The lowest BCUT2D eigenvalue weighted by atomic mass is 10.2. The zero-order valence-corrected chi connectivity index (χ0v) is 12.5. The van der Waals surface area contributed by atoms with Gasteiger partial charge in [0, 0.05) is 0 Å². The average Bonchev–Trinajstić information content (AvgIpc) is 2.79. The summed E-state index contributed by atoms with van der Waals surface area (Å²) in [5.41, 5.74) is 0.650. The molecule has 0 unspecified atom stereocenters. The second-order valence-corrected chi connectivity index (χ2v) is 5.18. The van der Waals surface area contributed by atoms with Crippen LogP contribution in [0.4, 0.5) is 0 Å². The van der Waals surface area contributed by atoms with Crippen molar-refractivity contribution in [1.29, 1.82) is 0 Å². The summed E-state index contributed by atoms with van der Waals surface area (Å²) in [6, 6.07) is 7.35. The monoisotopic (exact) mass is 305 g/mol. The van der Waals surface area contributed by atoms with Crippen LogP contribution < -0.4 is 19.5 Å². The van der Waals surface area contributed by atoms with Gasteiger partial charge in [0.1, 0.15) is 10.4 Å². The molecule has 0 bridgehead atoms. The molecule has 1 heterocycles. The fourth-order valence-corrected chi connectivity index (χ4v) is 2.54. The highest BCUT2D eigenvalue weighted by Gasteiger charge is 1.99. The van der Waals surface area contributed by atoms with Gasteiger partial charge >= 0.3 is 5.97 Å². The Labute approximate surface area is 125 Å². The predicted molar refractivity (Wildman–Crippen MR) is 81.8 cm³/mol. The molecule has 0 aliphatic carbocycles. The number of H-pyrrole nitrogens is 1. The van der Waals surface area contributed by atoms with Crippen molar-refractivity contribution in [2.24, 2.45) is 0 Å². The fraction of sp³-hybridized carbons (Fsp3) is 0.200. The van der Waals surface area contributed by atoms with E-state index in [-0.39, 0.29) is 5.56 Å². The van der Waals surface area contributed by atoms with E-state index in [4.69, 9.17) is 9.47 Å². The Morgan fingerprint density at radius 2 is 2.05 bits per heavy atom. The summed E-state index contributed by atoms with van der Waals surface area (Å²) in [4.78, 5) is 25.8. The maximum Gasteiger partial charge on any atom is 0.333 e. The number of hydrogen-bond donors (Lipinski definition) is 1. The molecule has 6 heteroatoms. The molecule has 0 aliphatic rings. The third-order valence-corrected chi connectivity index (χ3v) is 3.59. The maximum atomic E-state index is 11.8. The van der Waals surface area contributed by atoms with E-state index < -0.39 is 5.97 Å². The largest absolute Gasteiger partial charge is 0.497 e. The van der Waals surface area contributed by atoms with Crippen LogP contribution in [0.1, 0.15) is 12.5 Å². The van der Waals surface area contributed by atoms with Crippen LogP contribution in [0.3, 0.4) is 0 Å². The highest BCUT2D eigenvalue weighted by atomic mass is 32.1. The topological polar surface area (TPSA) is 68.4 Å². The lowest BCUT2D eigenvalue weighted by molar-refractivity contribution is -0.135. The van der Waals surface area contributed by atoms with Gasteiger partial charge in [-0.05, 0) is 30.7 Å². The van der Waals surface area contributed by atoms with Crippen LogP contribution in [0.5, 0.6) is 5.75 Å². The number of benzene rings is 1. The van der Waals surface area contributed by atoms with E-state index in [2.05, 4.69) is 4.98 Å². The van der Waals surface area contributed by atoms with Crippen LogP contribution in [-0.2, 0) is 9.53 Å². The lowest BCUT2D eigenvalue weighted by Crippen LogP contribution is -2.20. The van der Waals surface area contributed by atoms with Crippen LogP contribution >= 0.6 is 11.3 Å². The van der Waals surface area contributed by atoms with Gasteiger partial charge < -0.3 is 14.5 Å². The fourth-order valence-electron chi connectivity index (χ4n) is 1.67. The van der Waals surface area contributed by atoms with Crippen LogP contribution in [0, 0.1) is 0 Å². The summed E-state index contributed by atoms with van der Waals surface area (Å²) >= 11 is 1.21. The van der Waals surface area contributed by atoms with Gasteiger partial charge in [-0.2, -0.15) is 0 Å². The molecule has 1 N–H and O–H groups in total. The molecular formula is C15H15NO4S. The number of hydrogen-bond acceptors (Lipinski definition) is 5. The van der Waals surface area contributed by atoms with Crippen LogP contribution in [0.25, 0.3) is 12.2 Å². The SMILES string of the molecule is CCOC(=O)C=c1[nH]c(=O)c(=Cc2ccc(OC)cc2)s1. The highest BCUT2D eigenvalue weighted by molar-refractivity contribution is 7.07. The summed E-state index contributed by atoms with van der Waals surface area (Å²) < 4.78 is 10.9. The molecule has 5 nitrogen and oxygen atoms in total. The summed E-state index contributed by atoms with van der Waals surface area (Å²) in [6.45, 7) is 2.03. The Bertz CT molecular complexity index is 786. The number of rotatable bonds is 4. The first-order valence-corrected chi connectivity index (χ1v) is 7.17. The van der Waals surface area contributed by atoms with E-state index in [1.807, 2.05) is 24.3 Å². The molecular weight excluding hydrogens is 290 g/mol. The molecule has 0 fully saturated rings.